The van der Waals surface area contributed by atoms with Crippen molar-refractivity contribution in [1.82, 2.24) is 39.0 Å². The zero-order chi connectivity index (χ0) is 29.3. The average molecular weight is 612 g/mol. The second kappa shape index (κ2) is 9.97. The fourth-order valence-electron chi connectivity index (χ4n) is 5.07. The molecule has 0 aromatic carbocycles. The van der Waals surface area contributed by atoms with E-state index >= 15 is 4.39 Å². The van der Waals surface area contributed by atoms with Gasteiger partial charge in [0.2, 0.25) is 5.95 Å². The van der Waals surface area contributed by atoms with Crippen LogP contribution in [0.15, 0.2) is 23.8 Å². The minimum atomic E-state index is -4.99. The molecule has 3 aliphatic rings. The van der Waals surface area contributed by atoms with Crippen molar-refractivity contribution in [3.63, 3.8) is 0 Å². The van der Waals surface area contributed by atoms with Gasteiger partial charge in [-0.3, -0.25) is 28.0 Å². The number of nitrogens with one attached hydrogen (secondary N) is 1. The molecule has 20 nitrogen and oxygen atoms in total. The minimum absolute atomic E-state index is 0.0646. The molecule has 0 spiro atoms. The second-order valence-corrected chi connectivity index (χ2v) is 10.9. The van der Waals surface area contributed by atoms with Crippen molar-refractivity contribution in [2.24, 2.45) is 0 Å². The summed E-state index contributed by atoms with van der Waals surface area (Å²) in [7, 11) is -4.99. The number of nitrogen functional groups attached to an aromatic ring is 2. The van der Waals surface area contributed by atoms with Crippen molar-refractivity contribution in [2.45, 2.75) is 49.3 Å². The number of phosphoric ester groups is 1. The molecule has 9 unspecified atom stereocenters. The topological polar surface area (TPSA) is 272 Å². The third-order valence-corrected chi connectivity index (χ3v) is 7.96. The first-order valence-electron chi connectivity index (χ1n) is 12.3. The Bertz CT molecular complexity index is 1770. The maximum atomic E-state index is 15.8. The largest absolute Gasteiger partial charge is 0.472 e. The summed E-state index contributed by atoms with van der Waals surface area (Å²) in [6.07, 6.45) is -8.44. The van der Waals surface area contributed by atoms with Gasteiger partial charge in [0.1, 0.15) is 36.3 Å². The molecule has 0 saturated carbocycles. The number of hydrogen-bond acceptors (Lipinski definition) is 16. The van der Waals surface area contributed by atoms with E-state index in [-0.39, 0.29) is 34.1 Å². The summed E-state index contributed by atoms with van der Waals surface area (Å²) in [5.74, 6) is -0.162. The lowest BCUT2D eigenvalue weighted by Gasteiger charge is -2.26. The number of H-pyrrole nitrogens is 1. The normalized spacial score (nSPS) is 35.7. The minimum Gasteiger partial charge on any atom is -0.385 e. The number of aromatic nitrogens is 8. The van der Waals surface area contributed by atoms with E-state index in [1.807, 2.05) is 0 Å². The zero-order valence-corrected chi connectivity index (χ0v) is 21.9. The van der Waals surface area contributed by atoms with E-state index in [1.165, 1.54) is 21.8 Å². The van der Waals surface area contributed by atoms with Gasteiger partial charge in [-0.1, -0.05) is 0 Å². The van der Waals surface area contributed by atoms with Gasteiger partial charge in [0.25, 0.3) is 5.56 Å². The van der Waals surface area contributed by atoms with E-state index in [2.05, 4.69) is 29.9 Å². The fourth-order valence-corrected chi connectivity index (χ4v) is 6.00. The van der Waals surface area contributed by atoms with Crippen LogP contribution in [0.5, 0.6) is 0 Å². The summed E-state index contributed by atoms with van der Waals surface area (Å²) in [5.41, 5.74) is 11.0. The van der Waals surface area contributed by atoms with Crippen LogP contribution in [0.1, 0.15) is 12.5 Å². The van der Waals surface area contributed by atoms with Crippen LogP contribution in [-0.4, -0.2) is 99.3 Å². The van der Waals surface area contributed by atoms with E-state index in [0.29, 0.717) is 0 Å². The van der Waals surface area contributed by atoms with Gasteiger partial charge in [-0.2, -0.15) is 4.98 Å². The molecular formula is C20H22FN10O10P. The Morgan fingerprint density at radius 3 is 2.60 bits per heavy atom. The molecule has 0 amide bonds. The first-order chi connectivity index (χ1) is 20.1. The van der Waals surface area contributed by atoms with E-state index in [9.17, 15) is 19.4 Å². The van der Waals surface area contributed by atoms with Gasteiger partial charge in [-0.15, -0.1) is 0 Å². The predicted molar refractivity (Wildman–Crippen MR) is 132 cm³/mol. The fraction of sp³-hybridized carbons (Fsp3) is 0.500. The number of imidazole rings is 2. The Labute approximate surface area is 231 Å². The molecule has 3 aliphatic heterocycles. The number of ether oxygens (including phenoxy) is 4. The summed E-state index contributed by atoms with van der Waals surface area (Å²) < 4.78 is 64.4. The first kappa shape index (κ1) is 27.2. The molecule has 3 fully saturated rings. The second-order valence-electron chi connectivity index (χ2n) is 9.50. The van der Waals surface area contributed by atoms with Gasteiger partial charge in [-0.05, 0) is 0 Å². The number of aliphatic hydroxyl groups excluding tert-OH is 1. The Morgan fingerprint density at radius 2 is 1.79 bits per heavy atom. The number of nitrogens with zero attached hydrogens (tertiary/aromatic N) is 7. The van der Waals surface area contributed by atoms with Crippen molar-refractivity contribution < 1.29 is 47.0 Å². The number of anilines is 2. The summed E-state index contributed by atoms with van der Waals surface area (Å²) in [5, 5.41) is 10.9. The molecule has 0 radical (unpaired) electrons. The van der Waals surface area contributed by atoms with Crippen molar-refractivity contribution in [1.29, 1.82) is 0 Å². The quantitative estimate of drug-likeness (QED) is 0.160. The monoisotopic (exact) mass is 612 g/mol. The van der Waals surface area contributed by atoms with Crippen molar-refractivity contribution in [3.8, 4) is 0 Å². The van der Waals surface area contributed by atoms with Crippen molar-refractivity contribution >= 4 is 41.9 Å². The highest BCUT2D eigenvalue weighted by Crippen LogP contribution is 2.50. The molecule has 2 bridgehead atoms. The number of alkyl halides is 1. The third kappa shape index (κ3) is 4.42. The lowest BCUT2D eigenvalue weighted by molar-refractivity contribution is -0.233. The Hall–Kier alpha value is -3.66. The van der Waals surface area contributed by atoms with Crippen LogP contribution in [0.3, 0.4) is 0 Å². The van der Waals surface area contributed by atoms with Gasteiger partial charge in [0.15, 0.2) is 54.3 Å². The zero-order valence-electron chi connectivity index (χ0n) is 21.0. The van der Waals surface area contributed by atoms with Crippen LogP contribution in [0, 0.1) is 0 Å². The SMILES string of the molecule is Nc1nc2c(ncn2C2OC3OCOC4C(COP(=O)(O)OC2C3O)OC(n2cnc3c(N)ncnc32)C4F)c(=O)[nH]1. The summed E-state index contributed by atoms with van der Waals surface area (Å²) >= 11 is 0. The Morgan fingerprint density at radius 1 is 1.02 bits per heavy atom. The Balaban J connectivity index is 1.17. The van der Waals surface area contributed by atoms with Gasteiger partial charge in [0.05, 0.1) is 19.3 Å². The molecule has 42 heavy (non-hydrogen) atoms. The Kier molecular flexibility index (Phi) is 6.45. The highest BCUT2D eigenvalue weighted by Gasteiger charge is 2.53. The molecule has 7 N–H and O–H groups in total. The van der Waals surface area contributed by atoms with Gasteiger partial charge in [-0.25, -0.2) is 28.9 Å². The highest BCUT2D eigenvalue weighted by molar-refractivity contribution is 7.47. The van der Waals surface area contributed by atoms with Crippen LogP contribution < -0.4 is 17.0 Å². The maximum absolute atomic E-state index is 15.8. The molecule has 4 aromatic rings. The molecule has 7 rings (SSSR count). The van der Waals surface area contributed by atoms with Crippen LogP contribution in [0.25, 0.3) is 22.3 Å². The molecular weight excluding hydrogens is 590 g/mol. The van der Waals surface area contributed by atoms with Crippen molar-refractivity contribution in [3.05, 3.63) is 29.3 Å². The smallest absolute Gasteiger partial charge is 0.385 e. The van der Waals surface area contributed by atoms with Crippen molar-refractivity contribution in [2.75, 3.05) is 24.9 Å². The number of halogens is 1. The van der Waals surface area contributed by atoms with Crippen LogP contribution in [0.4, 0.5) is 16.2 Å². The molecule has 0 aliphatic carbocycles. The number of phosphoric acid groups is 1. The highest BCUT2D eigenvalue weighted by atomic mass is 31.2. The van der Waals surface area contributed by atoms with E-state index in [0.717, 1.165) is 6.33 Å². The average Bonchev–Trinajstić information content (AvgIpc) is 3.69. The molecule has 4 aromatic heterocycles. The summed E-state index contributed by atoms with van der Waals surface area (Å²) in [6, 6.07) is 0. The number of aliphatic hydroxyl groups is 1. The number of hydrogen-bond donors (Lipinski definition) is 5. The molecule has 22 heteroatoms. The maximum Gasteiger partial charge on any atom is 0.472 e. The first-order valence-corrected chi connectivity index (χ1v) is 13.8. The number of aromatic amines is 1. The third-order valence-electron chi connectivity index (χ3n) is 6.97. The van der Waals surface area contributed by atoms with E-state index < -0.39 is 76.1 Å². The molecule has 224 valence electrons. The van der Waals surface area contributed by atoms with Gasteiger partial charge < -0.3 is 40.4 Å². The van der Waals surface area contributed by atoms with E-state index in [1.54, 1.807) is 0 Å². The van der Waals surface area contributed by atoms with E-state index in [4.69, 9.17) is 39.5 Å². The lowest BCUT2D eigenvalue weighted by atomic mass is 10.1. The summed E-state index contributed by atoms with van der Waals surface area (Å²) in [6.45, 7) is -1.27. The lowest BCUT2D eigenvalue weighted by Crippen LogP contribution is -2.39. The number of nitrogens with two attached hydrogens (primary N) is 2. The van der Waals surface area contributed by atoms with Gasteiger partial charge in [0, 0.05) is 0 Å². The summed E-state index contributed by atoms with van der Waals surface area (Å²) in [4.78, 5) is 45.1. The van der Waals surface area contributed by atoms with Crippen LogP contribution in [-0.2, 0) is 32.6 Å². The van der Waals surface area contributed by atoms with Crippen LogP contribution >= 0.6 is 7.82 Å². The standard InChI is InChI=1S/C20H22FN10O10P/c21-7-11-6(39-17(7)30-3-26-8-13(22)24-2-25-14(8)30)1-38-42(34,35)41-12-10(32)19(37-5-36-11)40-18(12)31-4-27-9-15(31)28-20(23)29-16(9)33/h2-4,6-7,10-12,17-19,32H,1,5H2,(H,34,35)(H2,22,24,25)(H3,23,28,29,33). The predicted octanol–water partition coefficient (Wildman–Crippen LogP) is -1.55. The number of rotatable bonds is 2. The van der Waals surface area contributed by atoms with Crippen LogP contribution in [0.2, 0.25) is 0 Å². The molecule has 3 saturated heterocycles. The van der Waals surface area contributed by atoms with Gasteiger partial charge >= 0.3 is 7.82 Å². The number of fused-ring (bicyclic) bond motifs is 5. The molecule has 7 heterocycles. The molecule has 9 atom stereocenters.